The average molecular weight is 312 g/mol. The summed E-state index contributed by atoms with van der Waals surface area (Å²) in [5.41, 5.74) is 2.42. The Hall–Kier alpha value is -2.75. The summed E-state index contributed by atoms with van der Waals surface area (Å²) in [6.07, 6.45) is 2.52. The maximum absolute atomic E-state index is 11.3. The van der Waals surface area contributed by atoms with Gasteiger partial charge < -0.3 is 14.6 Å². The van der Waals surface area contributed by atoms with Gasteiger partial charge in [-0.05, 0) is 30.2 Å². The summed E-state index contributed by atoms with van der Waals surface area (Å²) in [7, 11) is 1.37. The summed E-state index contributed by atoms with van der Waals surface area (Å²) in [5.74, 6) is 0.587. The fourth-order valence-electron chi connectivity index (χ4n) is 2.27. The normalized spacial score (nSPS) is 10.1. The van der Waals surface area contributed by atoms with Gasteiger partial charge in [0.2, 0.25) is 0 Å². The van der Waals surface area contributed by atoms with Gasteiger partial charge in [-0.1, -0.05) is 36.9 Å². The molecule has 0 unspecified atom stereocenters. The molecule has 0 atom stereocenters. The Morgan fingerprint density at radius 1 is 1.22 bits per heavy atom. The molecule has 0 spiro atoms. The maximum Gasteiger partial charge on any atom is 0.305 e. The number of carbonyl (C=O) groups excluding carboxylic acids is 1. The van der Waals surface area contributed by atoms with Crippen LogP contribution >= 0.6 is 0 Å². The highest BCUT2D eigenvalue weighted by molar-refractivity contribution is 5.76. The highest BCUT2D eigenvalue weighted by Crippen LogP contribution is 2.36. The van der Waals surface area contributed by atoms with E-state index in [0.29, 0.717) is 30.8 Å². The van der Waals surface area contributed by atoms with Gasteiger partial charge >= 0.3 is 5.97 Å². The van der Waals surface area contributed by atoms with Crippen molar-refractivity contribution in [2.75, 3.05) is 13.7 Å². The number of ether oxygens (including phenoxy) is 2. The number of phenolic OH excluding ortho intramolecular Hbond substituents is 1. The lowest BCUT2D eigenvalue weighted by Gasteiger charge is -2.13. The molecule has 2 aromatic rings. The van der Waals surface area contributed by atoms with Crippen LogP contribution in [0.15, 0.2) is 55.1 Å². The average Bonchev–Trinajstić information content (AvgIpc) is 2.59. The van der Waals surface area contributed by atoms with Crippen molar-refractivity contribution in [3.8, 4) is 22.6 Å². The topological polar surface area (TPSA) is 55.8 Å². The van der Waals surface area contributed by atoms with Crippen LogP contribution in [0.3, 0.4) is 0 Å². The molecule has 0 fully saturated rings. The number of benzene rings is 2. The van der Waals surface area contributed by atoms with Crippen LogP contribution in [0.1, 0.15) is 12.0 Å². The number of methoxy groups -OCH3 is 1. The number of hydrogen-bond donors (Lipinski definition) is 1. The first kappa shape index (κ1) is 16.6. The quantitative estimate of drug-likeness (QED) is 0.625. The summed E-state index contributed by atoms with van der Waals surface area (Å²) in [5, 5.41) is 10.2. The van der Waals surface area contributed by atoms with Gasteiger partial charge in [0, 0.05) is 17.5 Å². The van der Waals surface area contributed by atoms with Crippen LogP contribution in [0.5, 0.6) is 11.5 Å². The molecule has 0 aliphatic rings. The molecule has 120 valence electrons. The van der Waals surface area contributed by atoms with Crippen LogP contribution in [-0.2, 0) is 16.0 Å². The zero-order chi connectivity index (χ0) is 16.7. The van der Waals surface area contributed by atoms with Crippen molar-refractivity contribution in [2.45, 2.75) is 12.8 Å². The Bertz CT molecular complexity index is 692. The highest BCUT2D eigenvalue weighted by Gasteiger charge is 2.11. The molecule has 0 saturated heterocycles. The first-order chi connectivity index (χ1) is 11.2. The number of phenols is 1. The zero-order valence-electron chi connectivity index (χ0n) is 13.1. The van der Waals surface area contributed by atoms with E-state index in [1.54, 1.807) is 18.2 Å². The molecule has 0 heterocycles. The van der Waals surface area contributed by atoms with Gasteiger partial charge in [0.15, 0.2) is 0 Å². The highest BCUT2D eigenvalue weighted by atomic mass is 16.5. The predicted molar refractivity (Wildman–Crippen MR) is 89.6 cm³/mol. The lowest BCUT2D eigenvalue weighted by Crippen LogP contribution is -2.02. The van der Waals surface area contributed by atoms with Crippen LogP contribution < -0.4 is 4.74 Å². The zero-order valence-corrected chi connectivity index (χ0v) is 13.1. The lowest BCUT2D eigenvalue weighted by atomic mass is 9.99. The second-order valence-corrected chi connectivity index (χ2v) is 5.02. The number of rotatable bonds is 7. The summed E-state index contributed by atoms with van der Waals surface area (Å²) in [4.78, 5) is 11.3. The fourth-order valence-corrected chi connectivity index (χ4v) is 2.27. The molecule has 4 nitrogen and oxygen atoms in total. The first-order valence-corrected chi connectivity index (χ1v) is 7.37. The molecule has 0 aromatic heterocycles. The van der Waals surface area contributed by atoms with Gasteiger partial charge in [-0.25, -0.2) is 0 Å². The molecule has 0 radical (unpaired) electrons. The second kappa shape index (κ2) is 8.03. The van der Waals surface area contributed by atoms with Crippen LogP contribution in [-0.4, -0.2) is 24.8 Å². The summed E-state index contributed by atoms with van der Waals surface area (Å²) >= 11 is 0. The van der Waals surface area contributed by atoms with E-state index in [1.807, 2.05) is 30.3 Å². The minimum atomic E-state index is -0.255. The number of aromatic hydroxyl groups is 1. The fraction of sp³-hybridized carbons (Fsp3) is 0.211. The van der Waals surface area contributed by atoms with Crippen molar-refractivity contribution in [3.05, 3.63) is 60.7 Å². The molecule has 0 saturated carbocycles. The number of carbonyl (C=O) groups is 1. The predicted octanol–water partition coefficient (Wildman–Crippen LogP) is 3.73. The van der Waals surface area contributed by atoms with E-state index in [2.05, 4.69) is 11.3 Å². The SMILES string of the molecule is C=CCOc1ccccc1-c1cc(CCC(=O)OC)ccc1O. The molecule has 1 N–H and O–H groups in total. The monoisotopic (exact) mass is 312 g/mol. The Morgan fingerprint density at radius 2 is 2.00 bits per heavy atom. The van der Waals surface area contributed by atoms with Crippen molar-refractivity contribution < 1.29 is 19.4 Å². The van der Waals surface area contributed by atoms with Crippen molar-refractivity contribution >= 4 is 5.97 Å². The van der Waals surface area contributed by atoms with Gasteiger partial charge in [-0.2, -0.15) is 0 Å². The third kappa shape index (κ3) is 4.36. The summed E-state index contributed by atoms with van der Waals surface area (Å²) < 4.78 is 10.3. The van der Waals surface area contributed by atoms with Gasteiger partial charge in [-0.3, -0.25) is 4.79 Å². The van der Waals surface area contributed by atoms with E-state index in [9.17, 15) is 9.90 Å². The van der Waals surface area contributed by atoms with Gasteiger partial charge in [0.05, 0.1) is 7.11 Å². The van der Waals surface area contributed by atoms with E-state index in [-0.39, 0.29) is 11.7 Å². The minimum absolute atomic E-state index is 0.168. The first-order valence-electron chi connectivity index (χ1n) is 7.37. The summed E-state index contributed by atoms with van der Waals surface area (Å²) in [6, 6.07) is 12.8. The van der Waals surface area contributed by atoms with Crippen molar-refractivity contribution in [2.24, 2.45) is 0 Å². The molecule has 2 rings (SSSR count). The smallest absolute Gasteiger partial charge is 0.305 e. The van der Waals surface area contributed by atoms with Crippen LogP contribution in [0.25, 0.3) is 11.1 Å². The Balaban J connectivity index is 2.31. The number of aryl methyl sites for hydroxylation is 1. The Morgan fingerprint density at radius 3 is 2.74 bits per heavy atom. The van der Waals surface area contributed by atoms with Crippen molar-refractivity contribution in [1.29, 1.82) is 0 Å². The van der Waals surface area contributed by atoms with E-state index in [4.69, 9.17) is 4.74 Å². The molecular formula is C19H20O4. The third-order valence-corrected chi connectivity index (χ3v) is 3.44. The Labute approximate surface area is 136 Å². The maximum atomic E-state index is 11.3. The van der Waals surface area contributed by atoms with Gasteiger partial charge in [0.25, 0.3) is 0 Å². The van der Waals surface area contributed by atoms with Crippen LogP contribution in [0, 0.1) is 0 Å². The largest absolute Gasteiger partial charge is 0.507 e. The van der Waals surface area contributed by atoms with Crippen molar-refractivity contribution in [1.82, 2.24) is 0 Å². The van der Waals surface area contributed by atoms with E-state index >= 15 is 0 Å². The van der Waals surface area contributed by atoms with Gasteiger partial charge in [-0.15, -0.1) is 0 Å². The summed E-state index contributed by atoms with van der Waals surface area (Å²) in [6.45, 7) is 4.03. The lowest BCUT2D eigenvalue weighted by molar-refractivity contribution is -0.140. The van der Waals surface area contributed by atoms with E-state index in [1.165, 1.54) is 7.11 Å². The Kier molecular flexibility index (Phi) is 5.80. The minimum Gasteiger partial charge on any atom is -0.507 e. The number of esters is 1. The molecule has 0 aliphatic heterocycles. The molecule has 0 aliphatic carbocycles. The molecule has 0 bridgehead atoms. The standard InChI is InChI=1S/C19H20O4/c1-3-12-23-18-7-5-4-6-15(18)16-13-14(8-10-17(16)20)9-11-19(21)22-2/h3-8,10,13,20H,1,9,11-12H2,2H3. The van der Waals surface area contributed by atoms with Crippen LogP contribution in [0.2, 0.25) is 0 Å². The molecule has 23 heavy (non-hydrogen) atoms. The molecule has 2 aromatic carbocycles. The number of hydrogen-bond acceptors (Lipinski definition) is 4. The molecule has 0 amide bonds. The molecular weight excluding hydrogens is 292 g/mol. The third-order valence-electron chi connectivity index (χ3n) is 3.44. The van der Waals surface area contributed by atoms with Crippen molar-refractivity contribution in [3.63, 3.8) is 0 Å². The number of para-hydroxylation sites is 1. The van der Waals surface area contributed by atoms with E-state index in [0.717, 1.165) is 11.1 Å². The van der Waals surface area contributed by atoms with Gasteiger partial charge in [0.1, 0.15) is 18.1 Å². The second-order valence-electron chi connectivity index (χ2n) is 5.02. The van der Waals surface area contributed by atoms with E-state index < -0.39 is 0 Å². The van der Waals surface area contributed by atoms with Crippen LogP contribution in [0.4, 0.5) is 0 Å². The molecule has 4 heteroatoms.